The predicted molar refractivity (Wildman–Crippen MR) is 121 cm³/mol. The lowest BCUT2D eigenvalue weighted by Gasteiger charge is -2.36. The summed E-state index contributed by atoms with van der Waals surface area (Å²) in [5.41, 5.74) is 2.51. The Labute approximate surface area is 182 Å². The maximum Gasteiger partial charge on any atom is 0.277 e. The van der Waals surface area contributed by atoms with Crippen molar-refractivity contribution in [2.24, 2.45) is 0 Å². The highest BCUT2D eigenvalue weighted by Gasteiger charge is 2.42. The van der Waals surface area contributed by atoms with Crippen molar-refractivity contribution in [2.75, 3.05) is 32.7 Å². The van der Waals surface area contributed by atoms with Crippen molar-refractivity contribution in [1.82, 2.24) is 14.7 Å². The number of piperazine rings is 1. The summed E-state index contributed by atoms with van der Waals surface area (Å²) in [6, 6.07) is 14.4. The molecule has 1 aromatic heterocycles. The van der Waals surface area contributed by atoms with Crippen molar-refractivity contribution in [2.45, 2.75) is 32.7 Å². The first-order chi connectivity index (χ1) is 14.7. The number of thiophene rings is 1. The maximum atomic E-state index is 13.3. The van der Waals surface area contributed by atoms with Crippen LogP contribution >= 0.6 is 11.3 Å². The highest BCUT2D eigenvalue weighted by atomic mass is 32.1. The summed E-state index contributed by atoms with van der Waals surface area (Å²) in [7, 11) is 0. The number of carbonyl (C=O) groups is 2. The zero-order valence-electron chi connectivity index (χ0n) is 17.5. The molecule has 30 heavy (non-hydrogen) atoms. The number of carbonyl (C=O) groups excluding carboxylic acids is 2. The van der Waals surface area contributed by atoms with Crippen LogP contribution in [-0.4, -0.2) is 59.2 Å². The molecule has 0 spiro atoms. The van der Waals surface area contributed by atoms with Crippen molar-refractivity contribution in [3.63, 3.8) is 0 Å². The molecule has 0 saturated carbocycles. The summed E-state index contributed by atoms with van der Waals surface area (Å²) < 4.78 is 0. The summed E-state index contributed by atoms with van der Waals surface area (Å²) in [6.07, 6.45) is 2.96. The number of benzene rings is 1. The molecule has 1 saturated heterocycles. The van der Waals surface area contributed by atoms with Gasteiger partial charge < -0.3 is 4.90 Å². The van der Waals surface area contributed by atoms with Crippen LogP contribution in [0.3, 0.4) is 0 Å². The lowest BCUT2D eigenvalue weighted by atomic mass is 10.1. The van der Waals surface area contributed by atoms with E-state index in [0.717, 1.165) is 56.9 Å². The minimum absolute atomic E-state index is 0.115. The van der Waals surface area contributed by atoms with Crippen molar-refractivity contribution in [3.8, 4) is 0 Å². The van der Waals surface area contributed by atoms with E-state index in [0.29, 0.717) is 17.8 Å². The Morgan fingerprint density at radius 3 is 2.33 bits per heavy atom. The zero-order chi connectivity index (χ0) is 20.9. The van der Waals surface area contributed by atoms with Crippen LogP contribution in [0.4, 0.5) is 0 Å². The molecule has 0 atom stereocenters. The number of rotatable bonds is 8. The van der Waals surface area contributed by atoms with Crippen LogP contribution in [0.2, 0.25) is 0 Å². The molecule has 0 unspecified atom stereocenters. The SMILES string of the molecule is CCCCCN1C(=O)C(c2cccs2)=C(N2CCN(Cc3ccccc3)CC2)C1=O. The van der Waals surface area contributed by atoms with Gasteiger partial charge >= 0.3 is 0 Å². The number of hydrogen-bond acceptors (Lipinski definition) is 5. The summed E-state index contributed by atoms with van der Waals surface area (Å²) in [6.45, 7) is 6.85. The monoisotopic (exact) mass is 423 g/mol. The Balaban J connectivity index is 1.50. The van der Waals surface area contributed by atoms with E-state index in [1.54, 1.807) is 0 Å². The van der Waals surface area contributed by atoms with Crippen LogP contribution in [-0.2, 0) is 16.1 Å². The first-order valence-electron chi connectivity index (χ1n) is 10.8. The Bertz CT molecular complexity index is 900. The Morgan fingerprint density at radius 1 is 0.900 bits per heavy atom. The third-order valence-electron chi connectivity index (χ3n) is 5.83. The quantitative estimate of drug-likeness (QED) is 0.478. The molecule has 2 amide bonds. The topological polar surface area (TPSA) is 43.9 Å². The molecule has 5 nitrogen and oxygen atoms in total. The first-order valence-corrected chi connectivity index (χ1v) is 11.7. The molecule has 2 aromatic rings. The van der Waals surface area contributed by atoms with E-state index in [2.05, 4.69) is 41.0 Å². The van der Waals surface area contributed by atoms with Crippen molar-refractivity contribution >= 4 is 28.7 Å². The number of imide groups is 1. The molecular weight excluding hydrogens is 394 g/mol. The third kappa shape index (κ3) is 4.35. The number of unbranched alkanes of at least 4 members (excludes halogenated alkanes) is 2. The van der Waals surface area contributed by atoms with E-state index < -0.39 is 0 Å². The van der Waals surface area contributed by atoms with E-state index in [-0.39, 0.29) is 11.8 Å². The van der Waals surface area contributed by atoms with Gasteiger partial charge in [0, 0.05) is 44.1 Å². The van der Waals surface area contributed by atoms with Crippen LogP contribution < -0.4 is 0 Å². The fraction of sp³-hybridized carbons (Fsp3) is 0.417. The van der Waals surface area contributed by atoms with Crippen molar-refractivity contribution in [1.29, 1.82) is 0 Å². The summed E-state index contributed by atoms with van der Waals surface area (Å²) in [5, 5.41) is 1.97. The van der Waals surface area contributed by atoms with E-state index in [1.165, 1.54) is 21.8 Å². The molecule has 4 rings (SSSR count). The zero-order valence-corrected chi connectivity index (χ0v) is 18.4. The fourth-order valence-electron chi connectivity index (χ4n) is 4.19. The second-order valence-electron chi connectivity index (χ2n) is 7.92. The third-order valence-corrected chi connectivity index (χ3v) is 6.72. The Hall–Kier alpha value is -2.44. The summed E-state index contributed by atoms with van der Waals surface area (Å²) in [5.74, 6) is -0.240. The molecule has 2 aliphatic heterocycles. The standard InChI is InChI=1S/C24H29N3O2S/c1-2-3-7-12-27-23(28)21(20-11-8-17-30-20)22(24(27)29)26-15-13-25(14-16-26)18-19-9-5-4-6-10-19/h4-6,8-11,17H,2-3,7,12-16,18H2,1H3. The van der Waals surface area contributed by atoms with Crippen LogP contribution in [0.5, 0.6) is 0 Å². The first kappa shape index (κ1) is 20.8. The Kier molecular flexibility index (Phi) is 6.65. The van der Waals surface area contributed by atoms with Crippen LogP contribution in [0.15, 0.2) is 53.5 Å². The number of nitrogens with zero attached hydrogens (tertiary/aromatic N) is 3. The minimum Gasteiger partial charge on any atom is -0.364 e. The smallest absolute Gasteiger partial charge is 0.277 e. The highest BCUT2D eigenvalue weighted by molar-refractivity contribution is 7.11. The molecule has 6 heteroatoms. The van der Waals surface area contributed by atoms with E-state index in [1.807, 2.05) is 23.6 Å². The summed E-state index contributed by atoms with van der Waals surface area (Å²) in [4.78, 5) is 33.4. The van der Waals surface area contributed by atoms with E-state index >= 15 is 0 Å². The van der Waals surface area contributed by atoms with E-state index in [4.69, 9.17) is 0 Å². The second-order valence-corrected chi connectivity index (χ2v) is 8.87. The molecule has 2 aliphatic rings. The van der Waals surface area contributed by atoms with Crippen molar-refractivity contribution < 1.29 is 9.59 Å². The van der Waals surface area contributed by atoms with Gasteiger partial charge in [-0.15, -0.1) is 11.3 Å². The lowest BCUT2D eigenvalue weighted by Crippen LogP contribution is -2.47. The Morgan fingerprint density at radius 2 is 1.67 bits per heavy atom. The number of amides is 2. The molecule has 158 valence electrons. The second kappa shape index (κ2) is 9.58. The average molecular weight is 424 g/mol. The molecule has 1 aromatic carbocycles. The maximum absolute atomic E-state index is 13.3. The predicted octanol–water partition coefficient (Wildman–Crippen LogP) is 3.84. The molecule has 0 bridgehead atoms. The molecule has 0 N–H and O–H groups in total. The van der Waals surface area contributed by atoms with Gasteiger partial charge in [-0.2, -0.15) is 0 Å². The molecule has 3 heterocycles. The van der Waals surface area contributed by atoms with Gasteiger partial charge in [0.2, 0.25) is 0 Å². The highest BCUT2D eigenvalue weighted by Crippen LogP contribution is 2.34. The fourth-order valence-corrected chi connectivity index (χ4v) is 4.96. The van der Waals surface area contributed by atoms with Gasteiger partial charge in [0.1, 0.15) is 5.70 Å². The van der Waals surface area contributed by atoms with Crippen LogP contribution in [0.25, 0.3) is 5.57 Å². The van der Waals surface area contributed by atoms with Gasteiger partial charge in [-0.25, -0.2) is 0 Å². The lowest BCUT2D eigenvalue weighted by molar-refractivity contribution is -0.137. The van der Waals surface area contributed by atoms with Gasteiger partial charge in [0.05, 0.1) is 5.57 Å². The molecule has 0 aliphatic carbocycles. The van der Waals surface area contributed by atoms with Crippen LogP contribution in [0, 0.1) is 0 Å². The van der Waals surface area contributed by atoms with E-state index in [9.17, 15) is 9.59 Å². The molecular formula is C24H29N3O2S. The largest absolute Gasteiger partial charge is 0.364 e. The molecule has 0 radical (unpaired) electrons. The van der Waals surface area contributed by atoms with Gasteiger partial charge in [-0.3, -0.25) is 19.4 Å². The van der Waals surface area contributed by atoms with Crippen molar-refractivity contribution in [3.05, 3.63) is 64.0 Å². The van der Waals surface area contributed by atoms with Crippen LogP contribution in [0.1, 0.15) is 36.6 Å². The van der Waals surface area contributed by atoms with Gasteiger partial charge in [0.25, 0.3) is 11.8 Å². The number of hydrogen-bond donors (Lipinski definition) is 0. The van der Waals surface area contributed by atoms with Gasteiger partial charge in [0.15, 0.2) is 0 Å². The van der Waals surface area contributed by atoms with Gasteiger partial charge in [-0.1, -0.05) is 56.2 Å². The average Bonchev–Trinajstić information content (AvgIpc) is 3.37. The normalized spacial score (nSPS) is 18.0. The van der Waals surface area contributed by atoms with Gasteiger partial charge in [-0.05, 0) is 23.4 Å². The molecule has 1 fully saturated rings. The minimum atomic E-state index is -0.125. The summed E-state index contributed by atoms with van der Waals surface area (Å²) >= 11 is 1.53.